The minimum atomic E-state index is 0.259. The number of nitrogens with zero attached hydrogens (tertiary/aromatic N) is 1. The van der Waals surface area contributed by atoms with E-state index in [4.69, 9.17) is 0 Å². The second-order valence-electron chi connectivity index (χ2n) is 0.761. The average Bonchev–Trinajstić information content (AvgIpc) is 1.76. The highest BCUT2D eigenvalue weighted by Crippen LogP contribution is 1.52. The van der Waals surface area contributed by atoms with Crippen LogP contribution in [0.25, 0.3) is 0 Å². The first-order valence-corrected chi connectivity index (χ1v) is 2.61. The van der Waals surface area contributed by atoms with E-state index in [9.17, 15) is 0 Å². The van der Waals surface area contributed by atoms with Crippen LogP contribution >= 0.6 is 0 Å². The Morgan fingerprint density at radius 3 is 3.00 bits per heavy atom. The molecule has 0 aromatic carbocycles. The highest BCUT2D eigenvalue weighted by molar-refractivity contribution is 6.19. The number of aromatic amines is 1. The number of hydrogen-bond acceptors (Lipinski definition) is 1. The molecule has 0 aliphatic carbocycles. The number of nitrogens with one attached hydrogen (secondary N) is 1. The topological polar surface area (TPSA) is 28.7 Å². The van der Waals surface area contributed by atoms with E-state index >= 15 is 0 Å². The normalized spacial score (nSPS) is 8.00. The third kappa shape index (κ3) is 0.415. The van der Waals surface area contributed by atoms with Gasteiger partial charge >= 0.3 is 0 Å². The maximum Gasteiger partial charge on any atom is 0.158 e. The molecule has 0 amide bonds. The van der Waals surface area contributed by atoms with Crippen LogP contribution in [0, 0.1) is 0 Å². The van der Waals surface area contributed by atoms with Crippen LogP contribution in [0.3, 0.4) is 0 Å². The molecule has 1 rings (SSSR count). The van der Waals surface area contributed by atoms with Crippen LogP contribution in [-0.4, -0.2) is 18.9 Å². The summed E-state index contributed by atoms with van der Waals surface area (Å²) in [5, 5.41) is 0. The van der Waals surface area contributed by atoms with E-state index in [2.05, 4.69) is 9.62 Å². The molecule has 1 aromatic heterocycles. The second kappa shape index (κ2) is 1.12. The van der Waals surface area contributed by atoms with Gasteiger partial charge in [0.2, 0.25) is 0 Å². The minimum absolute atomic E-state index is 0.259. The lowest BCUT2D eigenvalue weighted by atomic mass is 11.4. The van der Waals surface area contributed by atoms with Gasteiger partial charge in [-0.2, -0.15) is 0 Å². The van der Waals surface area contributed by atoms with Gasteiger partial charge in [0.25, 0.3) is 0 Å². The molecule has 5 heavy (non-hydrogen) atoms. The van der Waals surface area contributed by atoms with Gasteiger partial charge in [0.15, 0.2) is 9.29 Å². The largest absolute Gasteiger partial charge is 0.356 e. The van der Waals surface area contributed by atoms with Crippen molar-refractivity contribution in [3.05, 3.63) is 12.1 Å². The molecule has 0 atom stereocenters. The number of rotatable bonds is 0. The van der Waals surface area contributed by atoms with E-state index in [1.165, 1.54) is 0 Å². The minimum Gasteiger partial charge on any atom is -0.356 e. The Labute approximate surface area is 32.1 Å². The lowest BCUT2D eigenvalue weighted by molar-refractivity contribution is 1.33. The molecule has 0 saturated heterocycles. The summed E-state index contributed by atoms with van der Waals surface area (Å²) in [4.78, 5) is 2.84. The van der Waals surface area contributed by atoms with E-state index in [0.29, 0.717) is 0 Å². The Morgan fingerprint density at radius 1 is 1.80 bits per heavy atom. The molecule has 1 N–H and O–H groups in total. The molecule has 26 valence electrons. The van der Waals surface area contributed by atoms with Gasteiger partial charge in [0.05, 0.1) is 6.33 Å². The first kappa shape index (κ1) is 2.78. The number of hydrogen-bond donors (Lipinski definition) is 1. The van der Waals surface area contributed by atoms with Gasteiger partial charge in [0, 0.05) is 5.81 Å². The Balaban J connectivity index is 3.13. The van der Waals surface area contributed by atoms with Gasteiger partial charge in [-0.15, -0.1) is 0 Å². The van der Waals surface area contributed by atoms with Gasteiger partial charge in [0.1, 0.15) is 0 Å². The lowest BCUT2D eigenvalue weighted by Gasteiger charge is -1.48. The summed E-state index contributed by atoms with van der Waals surface area (Å²) in [5.41, 5.74) is 0. The SMILES string of the molecule is c1n[siH]c[nH]1. The second-order valence-corrected chi connectivity index (χ2v) is 1.69. The summed E-state index contributed by atoms with van der Waals surface area (Å²) in [6.45, 7) is 0. The van der Waals surface area contributed by atoms with Crippen LogP contribution in [0.15, 0.2) is 12.1 Å². The fourth-order valence-corrected chi connectivity index (χ4v) is 0.645. The monoisotopic (exact) mass is 84.0 g/mol. The Kier molecular flexibility index (Phi) is 0.622. The molecule has 0 fully saturated rings. The van der Waals surface area contributed by atoms with Gasteiger partial charge in [-0.3, -0.25) is 4.64 Å². The van der Waals surface area contributed by atoms with Crippen molar-refractivity contribution in [2.24, 2.45) is 0 Å². The molecular formula is C2H4N2Si. The van der Waals surface area contributed by atoms with Crippen molar-refractivity contribution in [3.8, 4) is 0 Å². The first-order chi connectivity index (χ1) is 2.50. The summed E-state index contributed by atoms with van der Waals surface area (Å²) in [7, 11) is 0.259. The Bertz CT molecular complexity index is 64.1. The summed E-state index contributed by atoms with van der Waals surface area (Å²) in [6, 6.07) is 0. The molecule has 1 aromatic rings. The van der Waals surface area contributed by atoms with Crippen LogP contribution in [0.4, 0.5) is 0 Å². The molecule has 2 nitrogen and oxygen atoms in total. The van der Waals surface area contributed by atoms with Crippen LogP contribution in [0.5, 0.6) is 0 Å². The van der Waals surface area contributed by atoms with Crippen LogP contribution in [0.1, 0.15) is 0 Å². The maximum absolute atomic E-state index is 3.88. The Morgan fingerprint density at radius 2 is 2.80 bits per heavy atom. The third-order valence-corrected chi connectivity index (χ3v) is 1.07. The number of aromatic nitrogens is 2. The predicted octanol–water partition coefficient (Wildman–Crippen LogP) is -0.520. The van der Waals surface area contributed by atoms with Crippen molar-refractivity contribution < 1.29 is 0 Å². The molecule has 3 heteroatoms. The van der Waals surface area contributed by atoms with E-state index < -0.39 is 0 Å². The Hall–Kier alpha value is -0.443. The summed E-state index contributed by atoms with van der Waals surface area (Å²) in [6.07, 6.45) is 1.72. The van der Waals surface area contributed by atoms with Crippen molar-refractivity contribution in [2.75, 3.05) is 0 Å². The van der Waals surface area contributed by atoms with E-state index in [-0.39, 0.29) is 9.29 Å². The van der Waals surface area contributed by atoms with Gasteiger partial charge in [-0.05, 0) is 0 Å². The third-order valence-electron chi connectivity index (χ3n) is 0.406. The molecule has 1 heterocycles. The fourth-order valence-electron chi connectivity index (χ4n) is 0.215. The van der Waals surface area contributed by atoms with Crippen molar-refractivity contribution in [3.63, 3.8) is 0 Å². The van der Waals surface area contributed by atoms with Crippen molar-refractivity contribution in [1.29, 1.82) is 0 Å². The average molecular weight is 84.2 g/mol. The van der Waals surface area contributed by atoms with E-state index in [0.717, 1.165) is 0 Å². The maximum atomic E-state index is 3.88. The highest BCUT2D eigenvalue weighted by Gasteiger charge is 1.57. The summed E-state index contributed by atoms with van der Waals surface area (Å²) in [5.74, 6) is 1.97. The smallest absolute Gasteiger partial charge is 0.158 e. The standard InChI is InChI=1S/C2H4N2Si/c1-3-2-5-4-1/h1-2,5H,(H,3,4). The quantitative estimate of drug-likeness (QED) is 0.421. The molecule has 0 radical (unpaired) electrons. The van der Waals surface area contributed by atoms with Crippen LogP contribution in [0.2, 0.25) is 0 Å². The number of H-pyrrole nitrogens is 1. The van der Waals surface area contributed by atoms with E-state index in [1.807, 2.05) is 5.81 Å². The molecule has 0 saturated carbocycles. The van der Waals surface area contributed by atoms with Gasteiger partial charge < -0.3 is 4.98 Å². The summed E-state index contributed by atoms with van der Waals surface area (Å²) >= 11 is 0. The van der Waals surface area contributed by atoms with Crippen molar-refractivity contribution in [1.82, 2.24) is 9.62 Å². The predicted molar refractivity (Wildman–Crippen MR) is 21.3 cm³/mol. The van der Waals surface area contributed by atoms with E-state index in [1.54, 1.807) is 6.33 Å². The van der Waals surface area contributed by atoms with Crippen LogP contribution in [-0.2, 0) is 0 Å². The zero-order valence-corrected chi connectivity index (χ0v) is 3.83. The molecular weight excluding hydrogens is 80.1 g/mol. The van der Waals surface area contributed by atoms with Crippen molar-refractivity contribution >= 4 is 9.29 Å². The molecule has 0 aliphatic heterocycles. The van der Waals surface area contributed by atoms with Gasteiger partial charge in [-0.25, -0.2) is 0 Å². The summed E-state index contributed by atoms with van der Waals surface area (Å²) < 4.78 is 3.88. The highest BCUT2D eigenvalue weighted by atomic mass is 28.2. The zero-order chi connectivity index (χ0) is 3.54. The zero-order valence-electron chi connectivity index (χ0n) is 2.68. The van der Waals surface area contributed by atoms with Gasteiger partial charge in [-0.1, -0.05) is 0 Å². The van der Waals surface area contributed by atoms with Crippen LogP contribution < -0.4 is 0 Å². The molecule has 0 spiro atoms. The molecule has 0 unspecified atom stereocenters. The molecule has 0 aliphatic rings. The molecule has 0 bridgehead atoms. The lowest BCUT2D eigenvalue weighted by Crippen LogP contribution is -1.56. The van der Waals surface area contributed by atoms with Crippen molar-refractivity contribution in [2.45, 2.75) is 0 Å². The first-order valence-electron chi connectivity index (χ1n) is 1.43. The fraction of sp³-hybridized carbons (Fsp3) is 0.